The van der Waals surface area contributed by atoms with Gasteiger partial charge in [0.1, 0.15) is 0 Å². The second kappa shape index (κ2) is 9.19. The third-order valence-corrected chi connectivity index (χ3v) is 4.55. The molecule has 0 aliphatic rings. The van der Waals surface area contributed by atoms with Gasteiger partial charge in [0.2, 0.25) is 5.91 Å². The number of nitrogens with one attached hydrogen (secondary N) is 3. The molecule has 0 saturated heterocycles. The molecule has 0 atom stereocenters. The van der Waals surface area contributed by atoms with Crippen LogP contribution < -0.4 is 16.0 Å². The summed E-state index contributed by atoms with van der Waals surface area (Å²) in [7, 11) is 0. The normalized spacial score (nSPS) is 10.2. The van der Waals surface area contributed by atoms with Crippen molar-refractivity contribution in [1.29, 1.82) is 0 Å². The maximum atomic E-state index is 11.9. The van der Waals surface area contributed by atoms with Crippen LogP contribution in [-0.4, -0.2) is 37.4 Å². The van der Waals surface area contributed by atoms with Gasteiger partial charge in [0.05, 0.1) is 22.0 Å². The molecule has 25 heavy (non-hydrogen) atoms. The molecule has 0 fully saturated rings. The fraction of sp³-hybridized carbons (Fsp3) is 0.235. The molecule has 132 valence electrons. The Morgan fingerprint density at radius 3 is 2.36 bits per heavy atom. The van der Waals surface area contributed by atoms with Crippen LogP contribution in [0.2, 0.25) is 5.02 Å². The van der Waals surface area contributed by atoms with Crippen LogP contribution in [0.5, 0.6) is 0 Å². The maximum Gasteiger partial charge on any atom is 0.261 e. The van der Waals surface area contributed by atoms with E-state index >= 15 is 0 Å². The molecule has 2 aromatic rings. The molecule has 1 heterocycles. The standard InChI is InChI=1S/C17H18ClN3O3S/c1-11-6-7-14(25-11)17(24)21-10-15(22)19-8-9-20-16(23)12-4-2-3-5-13(12)18/h2-7H,8-10H2,1H3,(H,19,22)(H,20,23)(H,21,24). The molecule has 1 aromatic heterocycles. The summed E-state index contributed by atoms with van der Waals surface area (Å²) in [6, 6.07) is 10.3. The van der Waals surface area contributed by atoms with Crippen molar-refractivity contribution in [3.05, 3.63) is 56.7 Å². The summed E-state index contributed by atoms with van der Waals surface area (Å²) in [5.74, 6) is -0.907. The van der Waals surface area contributed by atoms with Crippen LogP contribution in [0.3, 0.4) is 0 Å². The number of hydrogen-bond donors (Lipinski definition) is 3. The number of amides is 3. The number of carbonyl (C=O) groups excluding carboxylic acids is 3. The van der Waals surface area contributed by atoms with Crippen molar-refractivity contribution in [2.75, 3.05) is 19.6 Å². The number of rotatable bonds is 7. The van der Waals surface area contributed by atoms with E-state index in [1.165, 1.54) is 11.3 Å². The highest BCUT2D eigenvalue weighted by molar-refractivity contribution is 7.13. The zero-order chi connectivity index (χ0) is 18.2. The summed E-state index contributed by atoms with van der Waals surface area (Å²) < 4.78 is 0. The van der Waals surface area contributed by atoms with Gasteiger partial charge in [0.25, 0.3) is 11.8 Å². The molecule has 0 unspecified atom stereocenters. The zero-order valence-electron chi connectivity index (χ0n) is 13.6. The van der Waals surface area contributed by atoms with Gasteiger partial charge in [-0.3, -0.25) is 14.4 Å². The Morgan fingerprint density at radius 1 is 0.960 bits per heavy atom. The second-order valence-electron chi connectivity index (χ2n) is 5.18. The van der Waals surface area contributed by atoms with Crippen molar-refractivity contribution in [3.63, 3.8) is 0 Å². The van der Waals surface area contributed by atoms with Crippen LogP contribution in [0, 0.1) is 6.92 Å². The summed E-state index contributed by atoms with van der Waals surface area (Å²) in [5, 5.41) is 8.20. The quantitative estimate of drug-likeness (QED) is 0.643. The van der Waals surface area contributed by atoms with Gasteiger partial charge in [-0.2, -0.15) is 0 Å². The molecule has 2 rings (SSSR count). The Bertz CT molecular complexity index is 776. The van der Waals surface area contributed by atoms with E-state index in [1.807, 2.05) is 13.0 Å². The molecule has 1 aromatic carbocycles. The Hall–Kier alpha value is -2.38. The third-order valence-electron chi connectivity index (χ3n) is 3.22. The van der Waals surface area contributed by atoms with Crippen molar-refractivity contribution < 1.29 is 14.4 Å². The second-order valence-corrected chi connectivity index (χ2v) is 6.87. The highest BCUT2D eigenvalue weighted by atomic mass is 35.5. The fourth-order valence-corrected chi connectivity index (χ4v) is 2.99. The van der Waals surface area contributed by atoms with Gasteiger partial charge in [-0.15, -0.1) is 11.3 Å². The van der Waals surface area contributed by atoms with E-state index in [0.29, 0.717) is 15.5 Å². The Morgan fingerprint density at radius 2 is 1.68 bits per heavy atom. The number of hydrogen-bond acceptors (Lipinski definition) is 4. The van der Waals surface area contributed by atoms with Gasteiger partial charge in [-0.05, 0) is 31.2 Å². The van der Waals surface area contributed by atoms with Gasteiger partial charge < -0.3 is 16.0 Å². The molecule has 0 bridgehead atoms. The van der Waals surface area contributed by atoms with Crippen molar-refractivity contribution in [1.82, 2.24) is 16.0 Å². The lowest BCUT2D eigenvalue weighted by atomic mass is 10.2. The van der Waals surface area contributed by atoms with E-state index in [4.69, 9.17) is 11.6 Å². The number of thiophene rings is 1. The van der Waals surface area contributed by atoms with E-state index < -0.39 is 0 Å². The van der Waals surface area contributed by atoms with Gasteiger partial charge in [0.15, 0.2) is 0 Å². The van der Waals surface area contributed by atoms with Gasteiger partial charge in [-0.1, -0.05) is 23.7 Å². The Balaban J connectivity index is 1.64. The largest absolute Gasteiger partial charge is 0.353 e. The molecular formula is C17H18ClN3O3S. The average molecular weight is 380 g/mol. The van der Waals surface area contributed by atoms with Crippen molar-refractivity contribution in [2.24, 2.45) is 0 Å². The summed E-state index contributed by atoms with van der Waals surface area (Å²) in [6.07, 6.45) is 0. The fourth-order valence-electron chi connectivity index (χ4n) is 1.99. The van der Waals surface area contributed by atoms with Crippen molar-refractivity contribution in [3.8, 4) is 0 Å². The molecule has 8 heteroatoms. The smallest absolute Gasteiger partial charge is 0.261 e. The predicted molar refractivity (Wildman–Crippen MR) is 98.2 cm³/mol. The zero-order valence-corrected chi connectivity index (χ0v) is 15.2. The summed E-state index contributed by atoms with van der Waals surface area (Å²) in [6.45, 7) is 2.30. The predicted octanol–water partition coefficient (Wildman–Crippen LogP) is 1.99. The van der Waals surface area contributed by atoms with E-state index in [1.54, 1.807) is 30.3 Å². The van der Waals surface area contributed by atoms with Crippen LogP contribution in [-0.2, 0) is 4.79 Å². The maximum absolute atomic E-state index is 11.9. The summed E-state index contributed by atoms with van der Waals surface area (Å²) in [5.41, 5.74) is 0.383. The average Bonchev–Trinajstić information content (AvgIpc) is 3.03. The van der Waals surface area contributed by atoms with E-state index in [-0.39, 0.29) is 37.4 Å². The number of halogens is 1. The van der Waals surface area contributed by atoms with E-state index in [9.17, 15) is 14.4 Å². The number of benzene rings is 1. The third kappa shape index (κ3) is 5.88. The highest BCUT2D eigenvalue weighted by Crippen LogP contribution is 2.15. The minimum atomic E-state index is -0.325. The first-order valence-electron chi connectivity index (χ1n) is 7.61. The Labute approximate surface area is 154 Å². The molecule has 0 aliphatic carbocycles. The van der Waals surface area contributed by atoms with Gasteiger partial charge in [-0.25, -0.2) is 0 Å². The molecule has 3 amide bonds. The lowest BCUT2D eigenvalue weighted by Crippen LogP contribution is -2.40. The first kappa shape index (κ1) is 19.0. The molecule has 0 saturated carbocycles. The monoisotopic (exact) mass is 379 g/mol. The number of carbonyl (C=O) groups is 3. The Kier molecular flexibility index (Phi) is 6.97. The molecule has 0 aliphatic heterocycles. The first-order valence-corrected chi connectivity index (χ1v) is 8.81. The summed E-state index contributed by atoms with van der Waals surface area (Å²) >= 11 is 7.30. The first-order chi connectivity index (χ1) is 12.0. The SMILES string of the molecule is Cc1ccc(C(=O)NCC(=O)NCCNC(=O)c2ccccc2Cl)s1. The highest BCUT2D eigenvalue weighted by Gasteiger charge is 2.10. The van der Waals surface area contributed by atoms with Crippen LogP contribution in [0.15, 0.2) is 36.4 Å². The minimum Gasteiger partial charge on any atom is -0.353 e. The lowest BCUT2D eigenvalue weighted by molar-refractivity contribution is -0.120. The number of aryl methyl sites for hydroxylation is 1. The summed E-state index contributed by atoms with van der Waals surface area (Å²) in [4.78, 5) is 37.0. The topological polar surface area (TPSA) is 87.3 Å². The van der Waals surface area contributed by atoms with Crippen molar-refractivity contribution in [2.45, 2.75) is 6.92 Å². The molecular weight excluding hydrogens is 362 g/mol. The van der Waals surface area contributed by atoms with Crippen LogP contribution in [0.25, 0.3) is 0 Å². The van der Waals surface area contributed by atoms with E-state index in [2.05, 4.69) is 16.0 Å². The molecule has 0 radical (unpaired) electrons. The van der Waals surface area contributed by atoms with Gasteiger partial charge >= 0.3 is 0 Å². The minimum absolute atomic E-state index is 0.117. The van der Waals surface area contributed by atoms with Crippen molar-refractivity contribution >= 4 is 40.7 Å². The van der Waals surface area contributed by atoms with E-state index in [0.717, 1.165) is 4.88 Å². The lowest BCUT2D eigenvalue weighted by Gasteiger charge is -2.08. The van der Waals surface area contributed by atoms with Crippen LogP contribution >= 0.6 is 22.9 Å². The molecule has 0 spiro atoms. The van der Waals surface area contributed by atoms with Crippen LogP contribution in [0.4, 0.5) is 0 Å². The molecule has 6 nitrogen and oxygen atoms in total. The van der Waals surface area contributed by atoms with Gasteiger partial charge in [0, 0.05) is 18.0 Å². The van der Waals surface area contributed by atoms with Crippen LogP contribution in [0.1, 0.15) is 24.9 Å². The molecule has 3 N–H and O–H groups in total.